The lowest BCUT2D eigenvalue weighted by Crippen LogP contribution is -2.09. The Morgan fingerprint density at radius 3 is 2.79 bits per heavy atom. The van der Waals surface area contributed by atoms with Crippen molar-refractivity contribution in [3.8, 4) is 0 Å². The standard InChI is InChI=1S/C14H14BrIN2O/c1-3-10-7-11(18(2)17-10)8-14(19)12-6-9(15)4-5-13(12)16/h4-7H,3,8H2,1-2H3. The molecule has 0 fully saturated rings. The molecule has 100 valence electrons. The van der Waals surface area contributed by atoms with Crippen LogP contribution >= 0.6 is 38.5 Å². The molecule has 0 saturated heterocycles. The minimum atomic E-state index is 0.122. The monoisotopic (exact) mass is 432 g/mol. The Kier molecular flexibility index (Phi) is 4.78. The third kappa shape index (κ3) is 3.45. The lowest BCUT2D eigenvalue weighted by molar-refractivity contribution is 0.0990. The van der Waals surface area contributed by atoms with Crippen molar-refractivity contribution in [3.05, 3.63) is 49.3 Å². The molecule has 2 aromatic rings. The minimum absolute atomic E-state index is 0.122. The summed E-state index contributed by atoms with van der Waals surface area (Å²) < 4.78 is 3.70. The molecule has 3 nitrogen and oxygen atoms in total. The second-order valence-electron chi connectivity index (χ2n) is 4.33. The zero-order valence-electron chi connectivity index (χ0n) is 10.8. The molecule has 5 heteroatoms. The van der Waals surface area contributed by atoms with E-state index in [9.17, 15) is 4.79 Å². The summed E-state index contributed by atoms with van der Waals surface area (Å²) in [5, 5.41) is 4.37. The molecule has 19 heavy (non-hydrogen) atoms. The average Bonchev–Trinajstić information content (AvgIpc) is 2.73. The van der Waals surface area contributed by atoms with Gasteiger partial charge in [-0.25, -0.2) is 0 Å². The van der Waals surface area contributed by atoms with Crippen molar-refractivity contribution in [3.63, 3.8) is 0 Å². The van der Waals surface area contributed by atoms with Crippen molar-refractivity contribution in [1.82, 2.24) is 9.78 Å². The van der Waals surface area contributed by atoms with E-state index in [0.29, 0.717) is 6.42 Å². The summed E-state index contributed by atoms with van der Waals surface area (Å²) in [4.78, 5) is 12.4. The average molecular weight is 433 g/mol. The van der Waals surface area contributed by atoms with Crippen molar-refractivity contribution >= 4 is 44.3 Å². The Labute approximate surface area is 134 Å². The number of hydrogen-bond acceptors (Lipinski definition) is 2. The van der Waals surface area contributed by atoms with E-state index in [1.54, 1.807) is 4.68 Å². The first kappa shape index (κ1) is 14.7. The quantitative estimate of drug-likeness (QED) is 0.544. The van der Waals surface area contributed by atoms with E-state index < -0.39 is 0 Å². The summed E-state index contributed by atoms with van der Waals surface area (Å²) in [6, 6.07) is 7.76. The van der Waals surface area contributed by atoms with Crippen molar-refractivity contribution < 1.29 is 4.79 Å². The van der Waals surface area contributed by atoms with Crippen LogP contribution in [0.5, 0.6) is 0 Å². The molecule has 0 aliphatic heterocycles. The number of ketones is 1. The largest absolute Gasteiger partial charge is 0.294 e. The molecule has 0 saturated carbocycles. The molecule has 0 spiro atoms. The Hall–Kier alpha value is -0.690. The van der Waals surface area contributed by atoms with Crippen LogP contribution in [-0.4, -0.2) is 15.6 Å². The molecule has 0 bridgehead atoms. The van der Waals surface area contributed by atoms with Gasteiger partial charge in [0.05, 0.1) is 12.1 Å². The van der Waals surface area contributed by atoms with Crippen molar-refractivity contribution in [2.24, 2.45) is 7.05 Å². The fourth-order valence-corrected chi connectivity index (χ4v) is 2.88. The van der Waals surface area contributed by atoms with E-state index in [1.165, 1.54) is 0 Å². The lowest BCUT2D eigenvalue weighted by Gasteiger charge is -2.05. The van der Waals surface area contributed by atoms with Crippen molar-refractivity contribution in [2.75, 3.05) is 0 Å². The minimum Gasteiger partial charge on any atom is -0.294 e. The van der Waals surface area contributed by atoms with E-state index in [2.05, 4.69) is 50.5 Å². The molecule has 1 heterocycles. The molecule has 0 radical (unpaired) electrons. The third-order valence-electron chi connectivity index (χ3n) is 2.96. The Bertz CT molecular complexity index is 622. The summed E-state index contributed by atoms with van der Waals surface area (Å²) in [6.07, 6.45) is 1.27. The SMILES string of the molecule is CCc1cc(CC(=O)c2cc(Br)ccc2I)n(C)n1. The van der Waals surface area contributed by atoms with Gasteiger partial charge in [-0.1, -0.05) is 22.9 Å². The smallest absolute Gasteiger partial charge is 0.169 e. The number of aromatic nitrogens is 2. The summed E-state index contributed by atoms with van der Waals surface area (Å²) in [6.45, 7) is 2.06. The van der Waals surface area contributed by atoms with Crippen LogP contribution in [0.1, 0.15) is 28.7 Å². The number of aryl methyl sites for hydroxylation is 2. The van der Waals surface area contributed by atoms with Gasteiger partial charge in [-0.15, -0.1) is 0 Å². The van der Waals surface area contributed by atoms with Crippen molar-refractivity contribution in [1.29, 1.82) is 0 Å². The molecule has 0 N–H and O–H groups in total. The van der Waals surface area contributed by atoms with Crippen LogP contribution in [0, 0.1) is 3.57 Å². The molecule has 0 aliphatic rings. The lowest BCUT2D eigenvalue weighted by atomic mass is 10.1. The molecule has 1 aromatic heterocycles. The highest BCUT2D eigenvalue weighted by molar-refractivity contribution is 14.1. The number of nitrogens with zero attached hydrogens (tertiary/aromatic N) is 2. The summed E-state index contributed by atoms with van der Waals surface area (Å²) >= 11 is 5.60. The van der Waals surface area contributed by atoms with Gasteiger partial charge in [0, 0.05) is 26.3 Å². The van der Waals surface area contributed by atoms with Crippen LogP contribution in [0.3, 0.4) is 0 Å². The number of rotatable bonds is 4. The molecule has 0 amide bonds. The molecule has 0 unspecified atom stereocenters. The van der Waals surface area contributed by atoms with E-state index in [0.717, 1.165) is 31.4 Å². The summed E-state index contributed by atoms with van der Waals surface area (Å²) in [5.41, 5.74) is 2.74. The fourth-order valence-electron chi connectivity index (χ4n) is 1.88. The normalized spacial score (nSPS) is 10.7. The fraction of sp³-hybridized carbons (Fsp3) is 0.286. The van der Waals surface area contributed by atoms with Gasteiger partial charge in [0.2, 0.25) is 0 Å². The van der Waals surface area contributed by atoms with Gasteiger partial charge in [-0.05, 0) is 53.3 Å². The van der Waals surface area contributed by atoms with Gasteiger partial charge < -0.3 is 0 Å². The Morgan fingerprint density at radius 1 is 1.42 bits per heavy atom. The zero-order chi connectivity index (χ0) is 14.0. The maximum Gasteiger partial charge on any atom is 0.169 e. The first-order chi connectivity index (χ1) is 9.01. The highest BCUT2D eigenvalue weighted by Crippen LogP contribution is 2.20. The number of carbonyl (C=O) groups excluding carboxylic acids is 1. The highest BCUT2D eigenvalue weighted by Gasteiger charge is 2.14. The van der Waals surface area contributed by atoms with Crippen LogP contribution in [0.15, 0.2) is 28.7 Å². The van der Waals surface area contributed by atoms with Gasteiger partial charge in [0.25, 0.3) is 0 Å². The number of carbonyl (C=O) groups is 1. The van der Waals surface area contributed by atoms with E-state index in [-0.39, 0.29) is 5.78 Å². The predicted octanol–water partition coefficient (Wildman–Crippen LogP) is 3.78. The van der Waals surface area contributed by atoms with Gasteiger partial charge in [0.1, 0.15) is 0 Å². The number of Topliss-reactive ketones (excluding diaryl/α,β-unsaturated/α-hetero) is 1. The van der Waals surface area contributed by atoms with Crippen molar-refractivity contribution in [2.45, 2.75) is 19.8 Å². The van der Waals surface area contributed by atoms with Crippen LogP contribution in [0.2, 0.25) is 0 Å². The van der Waals surface area contributed by atoms with Crippen LogP contribution in [0.4, 0.5) is 0 Å². The molecular formula is C14H14BrIN2O. The molecule has 1 aromatic carbocycles. The molecule has 0 atom stereocenters. The zero-order valence-corrected chi connectivity index (χ0v) is 14.5. The predicted molar refractivity (Wildman–Crippen MR) is 87.5 cm³/mol. The topological polar surface area (TPSA) is 34.9 Å². The van der Waals surface area contributed by atoms with Crippen LogP contribution in [-0.2, 0) is 19.9 Å². The first-order valence-electron chi connectivity index (χ1n) is 6.01. The maximum absolute atomic E-state index is 12.4. The Balaban J connectivity index is 2.25. The third-order valence-corrected chi connectivity index (χ3v) is 4.39. The van der Waals surface area contributed by atoms with E-state index in [1.807, 2.05) is 31.3 Å². The van der Waals surface area contributed by atoms with Gasteiger partial charge in [0.15, 0.2) is 5.78 Å². The van der Waals surface area contributed by atoms with Gasteiger partial charge >= 0.3 is 0 Å². The van der Waals surface area contributed by atoms with E-state index in [4.69, 9.17) is 0 Å². The summed E-state index contributed by atoms with van der Waals surface area (Å²) in [7, 11) is 1.88. The van der Waals surface area contributed by atoms with Crippen LogP contribution < -0.4 is 0 Å². The molecule has 2 rings (SSSR count). The summed E-state index contributed by atoms with van der Waals surface area (Å²) in [5.74, 6) is 0.122. The van der Waals surface area contributed by atoms with Gasteiger partial charge in [-0.3, -0.25) is 9.48 Å². The van der Waals surface area contributed by atoms with Gasteiger partial charge in [-0.2, -0.15) is 5.10 Å². The molecule has 0 aliphatic carbocycles. The second-order valence-corrected chi connectivity index (χ2v) is 6.41. The second kappa shape index (κ2) is 6.17. The first-order valence-corrected chi connectivity index (χ1v) is 7.88. The molecular weight excluding hydrogens is 419 g/mol. The highest BCUT2D eigenvalue weighted by atomic mass is 127. The number of hydrogen-bond donors (Lipinski definition) is 0. The number of halogens is 2. The maximum atomic E-state index is 12.4. The van der Waals surface area contributed by atoms with Crippen LogP contribution in [0.25, 0.3) is 0 Å². The Morgan fingerprint density at radius 2 is 2.16 bits per heavy atom. The number of benzene rings is 1. The van der Waals surface area contributed by atoms with E-state index >= 15 is 0 Å².